The SMILES string of the molecule is C=CC(=O)N(CC)c1ccccc1OC. The van der Waals surface area contributed by atoms with Crippen molar-refractivity contribution >= 4 is 11.6 Å². The predicted molar refractivity (Wildman–Crippen MR) is 61.2 cm³/mol. The van der Waals surface area contributed by atoms with Crippen molar-refractivity contribution in [2.24, 2.45) is 0 Å². The third-order valence-corrected chi connectivity index (χ3v) is 2.13. The van der Waals surface area contributed by atoms with Gasteiger partial charge in [-0.3, -0.25) is 4.79 Å². The van der Waals surface area contributed by atoms with Gasteiger partial charge in [-0.15, -0.1) is 0 Å². The molecule has 15 heavy (non-hydrogen) atoms. The van der Waals surface area contributed by atoms with E-state index in [1.807, 2.05) is 31.2 Å². The summed E-state index contributed by atoms with van der Waals surface area (Å²) in [6, 6.07) is 7.42. The third kappa shape index (κ3) is 2.37. The number of nitrogens with zero attached hydrogens (tertiary/aromatic N) is 1. The van der Waals surface area contributed by atoms with E-state index in [0.29, 0.717) is 12.3 Å². The van der Waals surface area contributed by atoms with E-state index in [1.54, 1.807) is 12.0 Å². The Bertz CT molecular complexity index is 360. The van der Waals surface area contributed by atoms with Crippen molar-refractivity contribution in [3.8, 4) is 5.75 Å². The van der Waals surface area contributed by atoms with E-state index in [9.17, 15) is 4.79 Å². The second kappa shape index (κ2) is 5.20. The summed E-state index contributed by atoms with van der Waals surface area (Å²) in [6.45, 7) is 5.98. The Labute approximate surface area is 90.0 Å². The summed E-state index contributed by atoms with van der Waals surface area (Å²) in [5, 5.41) is 0. The first-order valence-electron chi connectivity index (χ1n) is 4.81. The van der Waals surface area contributed by atoms with Gasteiger partial charge in [-0.05, 0) is 25.1 Å². The van der Waals surface area contributed by atoms with Crippen LogP contribution in [-0.4, -0.2) is 19.6 Å². The molecule has 1 rings (SSSR count). The van der Waals surface area contributed by atoms with Gasteiger partial charge in [0.05, 0.1) is 12.8 Å². The summed E-state index contributed by atoms with van der Waals surface area (Å²) >= 11 is 0. The Hall–Kier alpha value is -1.77. The number of amides is 1. The molecular formula is C12H15NO2. The van der Waals surface area contributed by atoms with Crippen LogP contribution in [0.15, 0.2) is 36.9 Å². The summed E-state index contributed by atoms with van der Waals surface area (Å²) in [5.74, 6) is 0.566. The van der Waals surface area contributed by atoms with Gasteiger partial charge in [0.15, 0.2) is 0 Å². The minimum Gasteiger partial charge on any atom is -0.495 e. The summed E-state index contributed by atoms with van der Waals surface area (Å²) in [4.78, 5) is 13.2. The number of benzene rings is 1. The highest BCUT2D eigenvalue weighted by atomic mass is 16.5. The molecule has 1 aromatic rings. The maximum Gasteiger partial charge on any atom is 0.250 e. The van der Waals surface area contributed by atoms with Gasteiger partial charge in [-0.2, -0.15) is 0 Å². The van der Waals surface area contributed by atoms with E-state index in [-0.39, 0.29) is 5.91 Å². The smallest absolute Gasteiger partial charge is 0.250 e. The molecule has 3 nitrogen and oxygen atoms in total. The Morgan fingerprint density at radius 3 is 2.73 bits per heavy atom. The van der Waals surface area contributed by atoms with Gasteiger partial charge in [0.1, 0.15) is 5.75 Å². The Morgan fingerprint density at radius 2 is 2.20 bits per heavy atom. The molecule has 0 heterocycles. The standard InChI is InChI=1S/C12H15NO2/c1-4-12(14)13(5-2)10-8-6-7-9-11(10)15-3/h4,6-9H,1,5H2,2-3H3. The van der Waals surface area contributed by atoms with E-state index in [0.717, 1.165) is 5.69 Å². The lowest BCUT2D eigenvalue weighted by atomic mass is 10.2. The highest BCUT2D eigenvalue weighted by molar-refractivity contribution is 6.02. The summed E-state index contributed by atoms with van der Waals surface area (Å²) in [7, 11) is 1.59. The first-order chi connectivity index (χ1) is 7.24. The lowest BCUT2D eigenvalue weighted by molar-refractivity contribution is -0.114. The minimum absolute atomic E-state index is 0.123. The Morgan fingerprint density at radius 1 is 1.53 bits per heavy atom. The largest absolute Gasteiger partial charge is 0.495 e. The number of ether oxygens (including phenoxy) is 1. The number of carbonyl (C=O) groups excluding carboxylic acids is 1. The lowest BCUT2D eigenvalue weighted by Crippen LogP contribution is -2.28. The second-order valence-corrected chi connectivity index (χ2v) is 2.96. The first-order valence-corrected chi connectivity index (χ1v) is 4.81. The molecule has 0 saturated heterocycles. The molecular weight excluding hydrogens is 190 g/mol. The van der Waals surface area contributed by atoms with Crippen LogP contribution in [-0.2, 0) is 4.79 Å². The molecule has 0 fully saturated rings. The van der Waals surface area contributed by atoms with Crippen LogP contribution in [0.25, 0.3) is 0 Å². The van der Waals surface area contributed by atoms with Crippen molar-refractivity contribution in [1.82, 2.24) is 0 Å². The van der Waals surface area contributed by atoms with Crippen molar-refractivity contribution in [3.05, 3.63) is 36.9 Å². The molecule has 0 radical (unpaired) electrons. The van der Waals surface area contributed by atoms with Gasteiger partial charge in [0.2, 0.25) is 5.91 Å². The molecule has 80 valence electrons. The molecule has 0 unspecified atom stereocenters. The van der Waals surface area contributed by atoms with Crippen molar-refractivity contribution < 1.29 is 9.53 Å². The fourth-order valence-electron chi connectivity index (χ4n) is 1.41. The van der Waals surface area contributed by atoms with E-state index in [1.165, 1.54) is 6.08 Å². The Kier molecular flexibility index (Phi) is 3.92. The fraction of sp³-hybridized carbons (Fsp3) is 0.250. The average Bonchev–Trinajstić information content (AvgIpc) is 2.30. The first kappa shape index (κ1) is 11.3. The van der Waals surface area contributed by atoms with Crippen LogP contribution >= 0.6 is 0 Å². The van der Waals surface area contributed by atoms with E-state index < -0.39 is 0 Å². The number of rotatable bonds is 4. The van der Waals surface area contributed by atoms with Gasteiger partial charge in [-0.1, -0.05) is 18.7 Å². The summed E-state index contributed by atoms with van der Waals surface area (Å²) in [5.41, 5.74) is 0.771. The predicted octanol–water partition coefficient (Wildman–Crippen LogP) is 2.23. The molecule has 1 amide bonds. The van der Waals surface area contributed by atoms with Gasteiger partial charge in [-0.25, -0.2) is 0 Å². The van der Waals surface area contributed by atoms with Gasteiger partial charge in [0, 0.05) is 6.54 Å². The number of para-hydroxylation sites is 2. The highest BCUT2D eigenvalue weighted by Crippen LogP contribution is 2.27. The van der Waals surface area contributed by atoms with Crippen molar-refractivity contribution in [3.63, 3.8) is 0 Å². The lowest BCUT2D eigenvalue weighted by Gasteiger charge is -2.21. The number of hydrogen-bond donors (Lipinski definition) is 0. The monoisotopic (exact) mass is 205 g/mol. The molecule has 0 saturated carbocycles. The molecule has 0 bridgehead atoms. The topological polar surface area (TPSA) is 29.5 Å². The van der Waals surface area contributed by atoms with Gasteiger partial charge >= 0.3 is 0 Å². The minimum atomic E-state index is -0.123. The normalized spacial score (nSPS) is 9.47. The van der Waals surface area contributed by atoms with E-state index >= 15 is 0 Å². The van der Waals surface area contributed by atoms with Crippen LogP contribution < -0.4 is 9.64 Å². The summed E-state index contributed by atoms with van der Waals surface area (Å²) in [6.07, 6.45) is 1.30. The van der Waals surface area contributed by atoms with Crippen molar-refractivity contribution in [2.75, 3.05) is 18.6 Å². The molecule has 1 aromatic carbocycles. The average molecular weight is 205 g/mol. The fourth-order valence-corrected chi connectivity index (χ4v) is 1.41. The third-order valence-electron chi connectivity index (χ3n) is 2.13. The number of methoxy groups -OCH3 is 1. The number of hydrogen-bond acceptors (Lipinski definition) is 2. The van der Waals surface area contributed by atoms with Crippen LogP contribution in [0.2, 0.25) is 0 Å². The Balaban J connectivity index is 3.11. The quantitative estimate of drug-likeness (QED) is 0.705. The van der Waals surface area contributed by atoms with Gasteiger partial charge < -0.3 is 9.64 Å². The van der Waals surface area contributed by atoms with Crippen LogP contribution in [0.4, 0.5) is 5.69 Å². The van der Waals surface area contributed by atoms with E-state index in [2.05, 4.69) is 6.58 Å². The molecule has 0 N–H and O–H groups in total. The van der Waals surface area contributed by atoms with Crippen LogP contribution in [0.3, 0.4) is 0 Å². The molecule has 0 aliphatic rings. The zero-order chi connectivity index (χ0) is 11.3. The molecule has 0 atom stereocenters. The maximum atomic E-state index is 11.6. The molecule has 0 aromatic heterocycles. The van der Waals surface area contributed by atoms with Crippen molar-refractivity contribution in [1.29, 1.82) is 0 Å². The summed E-state index contributed by atoms with van der Waals surface area (Å²) < 4.78 is 5.19. The van der Waals surface area contributed by atoms with Crippen LogP contribution in [0.1, 0.15) is 6.92 Å². The van der Waals surface area contributed by atoms with Crippen molar-refractivity contribution in [2.45, 2.75) is 6.92 Å². The van der Waals surface area contributed by atoms with Crippen LogP contribution in [0, 0.1) is 0 Å². The second-order valence-electron chi connectivity index (χ2n) is 2.96. The number of carbonyl (C=O) groups is 1. The molecule has 0 aliphatic carbocycles. The van der Waals surface area contributed by atoms with Gasteiger partial charge in [0.25, 0.3) is 0 Å². The molecule has 0 aliphatic heterocycles. The molecule has 0 spiro atoms. The van der Waals surface area contributed by atoms with Crippen LogP contribution in [0.5, 0.6) is 5.75 Å². The zero-order valence-corrected chi connectivity index (χ0v) is 9.06. The van der Waals surface area contributed by atoms with E-state index in [4.69, 9.17) is 4.74 Å². The number of likely N-dealkylation sites (N-methyl/N-ethyl adjacent to an activating group) is 1. The number of anilines is 1. The highest BCUT2D eigenvalue weighted by Gasteiger charge is 2.14. The maximum absolute atomic E-state index is 11.6. The zero-order valence-electron chi connectivity index (χ0n) is 9.06. The molecule has 3 heteroatoms.